The van der Waals surface area contributed by atoms with Crippen LogP contribution < -0.4 is 5.73 Å². The number of primary amides is 1. The number of fused-ring (bicyclic) bond motifs is 1. The molecule has 4 unspecified atom stereocenters. The van der Waals surface area contributed by atoms with Gasteiger partial charge in [0, 0.05) is 0 Å². The Morgan fingerprint density at radius 2 is 2.12 bits per heavy atom. The zero-order valence-electron chi connectivity index (χ0n) is 10.5. The summed E-state index contributed by atoms with van der Waals surface area (Å²) in [5.74, 6) is 0.803. The molecular weight excluding hydrogens is 202 g/mol. The van der Waals surface area contributed by atoms with Gasteiger partial charge in [-0.2, -0.15) is 0 Å². The van der Waals surface area contributed by atoms with Gasteiger partial charge in [-0.25, -0.2) is 0 Å². The minimum absolute atomic E-state index is 0.166. The minimum atomic E-state index is -0.963. The third-order valence-electron chi connectivity index (χ3n) is 5.28. The first-order chi connectivity index (χ1) is 7.31. The van der Waals surface area contributed by atoms with E-state index in [2.05, 4.69) is 20.8 Å². The average molecular weight is 225 g/mol. The van der Waals surface area contributed by atoms with E-state index in [9.17, 15) is 9.90 Å². The van der Waals surface area contributed by atoms with Crippen LogP contribution >= 0.6 is 0 Å². The number of hydrogen-bond acceptors (Lipinski definition) is 2. The number of carbonyl (C=O) groups excluding carboxylic acids is 1. The van der Waals surface area contributed by atoms with Gasteiger partial charge in [0.25, 0.3) is 0 Å². The van der Waals surface area contributed by atoms with Gasteiger partial charge in [-0.3, -0.25) is 4.79 Å². The van der Waals surface area contributed by atoms with Crippen molar-refractivity contribution < 1.29 is 9.90 Å². The van der Waals surface area contributed by atoms with Crippen LogP contribution in [0.1, 0.15) is 46.5 Å². The number of aliphatic hydroxyl groups is 1. The average Bonchev–Trinajstić information content (AvgIpc) is 2.61. The molecule has 3 nitrogen and oxygen atoms in total. The lowest BCUT2D eigenvalue weighted by Crippen LogP contribution is -2.33. The highest BCUT2D eigenvalue weighted by atomic mass is 16.3. The van der Waals surface area contributed by atoms with Crippen molar-refractivity contribution in [2.24, 2.45) is 28.4 Å². The van der Waals surface area contributed by atoms with Gasteiger partial charge in [0.1, 0.15) is 6.10 Å². The molecule has 0 aromatic carbocycles. The zero-order chi connectivity index (χ0) is 12.1. The highest BCUT2D eigenvalue weighted by Gasteiger charge is 2.71. The maximum atomic E-state index is 11.0. The van der Waals surface area contributed by atoms with Crippen molar-refractivity contribution in [3.8, 4) is 0 Å². The Balaban J connectivity index is 2.14. The summed E-state index contributed by atoms with van der Waals surface area (Å²) in [6.07, 6.45) is 3.25. The van der Waals surface area contributed by atoms with E-state index in [0.29, 0.717) is 18.3 Å². The largest absolute Gasteiger partial charge is 0.383 e. The highest BCUT2D eigenvalue weighted by Crippen LogP contribution is 2.77. The van der Waals surface area contributed by atoms with Crippen LogP contribution in [0.2, 0.25) is 0 Å². The maximum Gasteiger partial charge on any atom is 0.246 e. The molecule has 2 saturated carbocycles. The third-order valence-corrected chi connectivity index (χ3v) is 5.28. The Bertz CT molecular complexity index is 313. The SMILES string of the molecule is CC1CCC2C(C)(C)C2(CC(O)C(N)=O)C1. The van der Waals surface area contributed by atoms with Crippen molar-refractivity contribution in [1.29, 1.82) is 0 Å². The van der Waals surface area contributed by atoms with Gasteiger partial charge < -0.3 is 10.8 Å². The number of rotatable bonds is 3. The number of amides is 1. The molecule has 0 aromatic heterocycles. The summed E-state index contributed by atoms with van der Waals surface area (Å²) in [6, 6.07) is 0. The van der Waals surface area contributed by atoms with Crippen molar-refractivity contribution in [2.45, 2.75) is 52.6 Å². The normalized spacial score (nSPS) is 42.2. The van der Waals surface area contributed by atoms with Gasteiger partial charge in [-0.15, -0.1) is 0 Å². The van der Waals surface area contributed by atoms with Crippen molar-refractivity contribution in [1.82, 2.24) is 0 Å². The number of carbonyl (C=O) groups is 1. The second-order valence-electron chi connectivity index (χ2n) is 6.44. The van der Waals surface area contributed by atoms with Gasteiger partial charge in [0.05, 0.1) is 0 Å². The van der Waals surface area contributed by atoms with Gasteiger partial charge in [0.15, 0.2) is 0 Å². The molecule has 2 aliphatic carbocycles. The van der Waals surface area contributed by atoms with E-state index < -0.39 is 12.0 Å². The van der Waals surface area contributed by atoms with E-state index in [1.165, 1.54) is 12.8 Å². The van der Waals surface area contributed by atoms with Crippen LogP contribution in [0.4, 0.5) is 0 Å². The Kier molecular flexibility index (Phi) is 2.57. The first-order valence-corrected chi connectivity index (χ1v) is 6.28. The second kappa shape index (κ2) is 3.46. The first kappa shape index (κ1) is 11.9. The van der Waals surface area contributed by atoms with Crippen molar-refractivity contribution >= 4 is 5.91 Å². The standard InChI is InChI=1S/C13H23NO2/c1-8-4-5-10-12(2,3)13(10,6-8)7-9(15)11(14)16/h8-10,15H,4-7H2,1-3H3,(H2,14,16). The third kappa shape index (κ3) is 1.48. The van der Waals surface area contributed by atoms with Gasteiger partial charge in [-0.05, 0) is 41.9 Å². The molecule has 0 heterocycles. The van der Waals surface area contributed by atoms with Crippen LogP contribution in [-0.2, 0) is 4.79 Å². The van der Waals surface area contributed by atoms with E-state index in [1.54, 1.807) is 0 Å². The molecule has 4 atom stereocenters. The van der Waals surface area contributed by atoms with Gasteiger partial charge in [-0.1, -0.05) is 27.2 Å². The first-order valence-electron chi connectivity index (χ1n) is 6.28. The van der Waals surface area contributed by atoms with Crippen LogP contribution in [-0.4, -0.2) is 17.1 Å². The fourth-order valence-corrected chi connectivity index (χ4v) is 4.21. The number of hydrogen-bond donors (Lipinski definition) is 2. The van der Waals surface area contributed by atoms with E-state index in [1.807, 2.05) is 0 Å². The minimum Gasteiger partial charge on any atom is -0.383 e. The lowest BCUT2D eigenvalue weighted by Gasteiger charge is -2.29. The molecule has 0 aromatic rings. The summed E-state index contributed by atoms with van der Waals surface area (Å²) in [6.45, 7) is 6.80. The Morgan fingerprint density at radius 1 is 1.50 bits per heavy atom. The van der Waals surface area contributed by atoms with E-state index in [0.717, 1.165) is 6.42 Å². The van der Waals surface area contributed by atoms with E-state index in [4.69, 9.17) is 5.73 Å². The van der Waals surface area contributed by atoms with Crippen LogP contribution in [0, 0.1) is 22.7 Å². The molecule has 92 valence electrons. The predicted octanol–water partition coefficient (Wildman–Crippen LogP) is 1.69. The lowest BCUT2D eigenvalue weighted by atomic mass is 9.77. The summed E-state index contributed by atoms with van der Waals surface area (Å²) < 4.78 is 0. The van der Waals surface area contributed by atoms with Crippen molar-refractivity contribution in [3.05, 3.63) is 0 Å². The fraction of sp³-hybridized carbons (Fsp3) is 0.923. The zero-order valence-corrected chi connectivity index (χ0v) is 10.5. The predicted molar refractivity (Wildman–Crippen MR) is 62.5 cm³/mol. The van der Waals surface area contributed by atoms with E-state index in [-0.39, 0.29) is 10.8 Å². The monoisotopic (exact) mass is 225 g/mol. The second-order valence-corrected chi connectivity index (χ2v) is 6.44. The molecule has 2 aliphatic rings. The molecule has 1 amide bonds. The molecule has 0 aliphatic heterocycles. The fourth-order valence-electron chi connectivity index (χ4n) is 4.21. The van der Waals surface area contributed by atoms with Crippen LogP contribution in [0.25, 0.3) is 0 Å². The van der Waals surface area contributed by atoms with E-state index >= 15 is 0 Å². The number of aliphatic hydroxyl groups excluding tert-OH is 1. The molecule has 2 fully saturated rings. The van der Waals surface area contributed by atoms with Crippen molar-refractivity contribution in [3.63, 3.8) is 0 Å². The van der Waals surface area contributed by atoms with Crippen LogP contribution in [0.3, 0.4) is 0 Å². The molecule has 0 bridgehead atoms. The summed E-state index contributed by atoms with van der Waals surface area (Å²) in [4.78, 5) is 11.0. The molecule has 16 heavy (non-hydrogen) atoms. The molecular formula is C13H23NO2. The smallest absolute Gasteiger partial charge is 0.246 e. The highest BCUT2D eigenvalue weighted by molar-refractivity contribution is 5.78. The molecule has 3 heteroatoms. The maximum absolute atomic E-state index is 11.0. The summed E-state index contributed by atoms with van der Waals surface area (Å²) in [7, 11) is 0. The number of nitrogens with two attached hydrogens (primary N) is 1. The quantitative estimate of drug-likeness (QED) is 0.767. The Hall–Kier alpha value is -0.570. The molecule has 0 spiro atoms. The topological polar surface area (TPSA) is 63.3 Å². The van der Waals surface area contributed by atoms with Crippen LogP contribution in [0.15, 0.2) is 0 Å². The Morgan fingerprint density at radius 3 is 2.69 bits per heavy atom. The lowest BCUT2D eigenvalue weighted by molar-refractivity contribution is -0.127. The summed E-state index contributed by atoms with van der Waals surface area (Å²) >= 11 is 0. The van der Waals surface area contributed by atoms with Gasteiger partial charge >= 0.3 is 0 Å². The Labute approximate surface area is 97.4 Å². The molecule has 3 N–H and O–H groups in total. The van der Waals surface area contributed by atoms with Gasteiger partial charge in [0.2, 0.25) is 5.91 Å². The molecule has 0 saturated heterocycles. The molecule has 2 rings (SSSR count). The summed E-state index contributed by atoms with van der Waals surface area (Å²) in [5.41, 5.74) is 5.60. The van der Waals surface area contributed by atoms with Crippen molar-refractivity contribution in [2.75, 3.05) is 0 Å². The van der Waals surface area contributed by atoms with Crippen LogP contribution in [0.5, 0.6) is 0 Å². The summed E-state index contributed by atoms with van der Waals surface area (Å²) in [5, 5.41) is 9.71. The molecule has 0 radical (unpaired) electrons.